The highest BCUT2D eigenvalue weighted by Crippen LogP contribution is 2.33. The van der Waals surface area contributed by atoms with Crippen LogP contribution in [-0.4, -0.2) is 66.6 Å². The molecule has 0 radical (unpaired) electrons. The number of fused-ring (bicyclic) bond motifs is 1. The number of rotatable bonds is 2. The molecule has 1 aliphatic carbocycles. The second-order valence-corrected chi connectivity index (χ2v) is 7.57. The molecule has 7 nitrogen and oxygen atoms in total. The maximum atomic E-state index is 11.8. The van der Waals surface area contributed by atoms with Crippen molar-refractivity contribution in [2.45, 2.75) is 44.1 Å². The molecule has 4 rings (SSSR count). The molecule has 1 atom stereocenters. The minimum absolute atomic E-state index is 0.0274. The summed E-state index contributed by atoms with van der Waals surface area (Å²) in [6, 6.07) is 0. The summed E-state index contributed by atoms with van der Waals surface area (Å²) in [4.78, 5) is 26.3. The van der Waals surface area contributed by atoms with Crippen molar-refractivity contribution in [2.75, 3.05) is 50.5 Å². The molecule has 3 heterocycles. The van der Waals surface area contributed by atoms with Gasteiger partial charge in [0.25, 0.3) is 0 Å². The number of aryl methyl sites for hydroxylation is 1. The summed E-state index contributed by atoms with van der Waals surface area (Å²) in [5, 5.41) is 6.28. The molecule has 3 aliphatic rings. The number of hydrogen-bond donors (Lipinski definition) is 2. The molecule has 0 saturated carbocycles. The van der Waals surface area contributed by atoms with Crippen LogP contribution >= 0.6 is 0 Å². The average Bonchev–Trinajstić information content (AvgIpc) is 3.02. The lowest BCUT2D eigenvalue weighted by Crippen LogP contribution is -2.61. The van der Waals surface area contributed by atoms with E-state index in [9.17, 15) is 4.79 Å². The van der Waals surface area contributed by atoms with Gasteiger partial charge in [-0.2, -0.15) is 4.98 Å². The van der Waals surface area contributed by atoms with Crippen molar-refractivity contribution in [1.82, 2.24) is 20.2 Å². The highest BCUT2D eigenvalue weighted by Gasteiger charge is 2.41. The Bertz CT molecular complexity index is 678. The Morgan fingerprint density at radius 2 is 2.04 bits per heavy atom. The normalized spacial score (nSPS) is 27.1. The van der Waals surface area contributed by atoms with E-state index < -0.39 is 0 Å². The Hall–Kier alpha value is -1.89. The third-order valence-electron chi connectivity index (χ3n) is 6.17. The van der Waals surface area contributed by atoms with Crippen molar-refractivity contribution in [1.29, 1.82) is 0 Å². The Morgan fingerprint density at radius 3 is 2.88 bits per heavy atom. The first-order valence-electron chi connectivity index (χ1n) is 9.42. The molecule has 2 aliphatic heterocycles. The van der Waals surface area contributed by atoms with Crippen LogP contribution < -0.4 is 15.5 Å². The summed E-state index contributed by atoms with van der Waals surface area (Å²) in [5.74, 6) is 2.01. The van der Waals surface area contributed by atoms with E-state index in [0.717, 1.165) is 63.6 Å². The molecule has 2 fully saturated rings. The lowest BCUT2D eigenvalue weighted by molar-refractivity contribution is -0.120. The number of amides is 1. The van der Waals surface area contributed by atoms with Gasteiger partial charge in [-0.05, 0) is 39.2 Å². The number of carbonyl (C=O) groups excluding carboxylic acids is 1. The van der Waals surface area contributed by atoms with Crippen LogP contribution in [0.25, 0.3) is 0 Å². The maximum Gasteiger partial charge on any atom is 0.227 e. The highest BCUT2D eigenvalue weighted by atomic mass is 16.1. The van der Waals surface area contributed by atoms with Gasteiger partial charge in [0.1, 0.15) is 5.82 Å². The Labute approximate surface area is 149 Å². The summed E-state index contributed by atoms with van der Waals surface area (Å²) < 4.78 is 0. The molecule has 7 heteroatoms. The van der Waals surface area contributed by atoms with Crippen molar-refractivity contribution >= 4 is 17.7 Å². The molecule has 136 valence electrons. The number of anilines is 2. The second kappa shape index (κ2) is 6.44. The van der Waals surface area contributed by atoms with E-state index in [0.29, 0.717) is 6.42 Å². The van der Waals surface area contributed by atoms with Crippen LogP contribution in [0.5, 0.6) is 0 Å². The van der Waals surface area contributed by atoms with E-state index in [4.69, 9.17) is 9.97 Å². The average molecular weight is 344 g/mol. The van der Waals surface area contributed by atoms with Gasteiger partial charge in [-0.25, -0.2) is 4.98 Å². The van der Waals surface area contributed by atoms with Crippen molar-refractivity contribution < 1.29 is 4.79 Å². The summed E-state index contributed by atoms with van der Waals surface area (Å²) in [6.07, 6.45) is 5.78. The SMILES string of the molecule is CNc1nc(N2CCN(C)[C@]3(CCNC(=O)CC3)C2)nc2c1CCC2. The summed E-state index contributed by atoms with van der Waals surface area (Å²) in [5.41, 5.74) is 2.53. The van der Waals surface area contributed by atoms with Crippen molar-refractivity contribution in [3.63, 3.8) is 0 Å². The van der Waals surface area contributed by atoms with Crippen molar-refractivity contribution in [3.8, 4) is 0 Å². The van der Waals surface area contributed by atoms with Crippen LogP contribution in [0.3, 0.4) is 0 Å². The van der Waals surface area contributed by atoms with E-state index >= 15 is 0 Å². The fraction of sp³-hybridized carbons (Fsp3) is 0.722. The molecule has 1 amide bonds. The minimum Gasteiger partial charge on any atom is -0.373 e. The summed E-state index contributed by atoms with van der Waals surface area (Å²) in [6.45, 7) is 3.55. The summed E-state index contributed by atoms with van der Waals surface area (Å²) in [7, 11) is 4.13. The van der Waals surface area contributed by atoms with Crippen LogP contribution in [0, 0.1) is 0 Å². The lowest BCUT2D eigenvalue weighted by atomic mass is 9.86. The molecule has 25 heavy (non-hydrogen) atoms. The molecule has 0 aromatic carbocycles. The van der Waals surface area contributed by atoms with Crippen LogP contribution in [0.1, 0.15) is 36.9 Å². The van der Waals surface area contributed by atoms with Gasteiger partial charge in [-0.3, -0.25) is 9.69 Å². The van der Waals surface area contributed by atoms with Gasteiger partial charge in [0, 0.05) is 50.7 Å². The monoisotopic (exact) mass is 344 g/mol. The molecule has 2 N–H and O–H groups in total. The fourth-order valence-corrected chi connectivity index (χ4v) is 4.54. The zero-order valence-electron chi connectivity index (χ0n) is 15.3. The van der Waals surface area contributed by atoms with Gasteiger partial charge in [0.2, 0.25) is 11.9 Å². The number of carbonyl (C=O) groups is 1. The van der Waals surface area contributed by atoms with Gasteiger partial charge < -0.3 is 15.5 Å². The van der Waals surface area contributed by atoms with E-state index in [-0.39, 0.29) is 11.4 Å². The van der Waals surface area contributed by atoms with Crippen LogP contribution in [-0.2, 0) is 17.6 Å². The molecule has 1 spiro atoms. The molecule has 1 aromatic heterocycles. The number of hydrogen-bond acceptors (Lipinski definition) is 6. The van der Waals surface area contributed by atoms with E-state index in [1.807, 2.05) is 7.05 Å². The van der Waals surface area contributed by atoms with Crippen LogP contribution in [0.4, 0.5) is 11.8 Å². The van der Waals surface area contributed by atoms with Gasteiger partial charge in [0.15, 0.2) is 0 Å². The molecule has 0 unspecified atom stereocenters. The third-order valence-corrected chi connectivity index (χ3v) is 6.17. The maximum absolute atomic E-state index is 11.8. The van der Waals surface area contributed by atoms with Gasteiger partial charge in [-0.1, -0.05) is 0 Å². The lowest BCUT2D eigenvalue weighted by Gasteiger charge is -2.49. The standard InChI is InChI=1S/C18H28N6O/c1-19-16-13-4-3-5-14(13)21-17(22-16)24-11-10-23(2)18(12-24)7-6-15(25)20-9-8-18/h3-12H2,1-2H3,(H,20,25)(H,19,21,22)/t18-/m1/s1. The smallest absolute Gasteiger partial charge is 0.227 e. The first-order chi connectivity index (χ1) is 12.1. The number of nitrogens with zero attached hydrogens (tertiary/aromatic N) is 4. The van der Waals surface area contributed by atoms with Crippen molar-refractivity contribution in [2.24, 2.45) is 0 Å². The molecule has 2 saturated heterocycles. The molecular weight excluding hydrogens is 316 g/mol. The van der Waals surface area contributed by atoms with Gasteiger partial charge in [0.05, 0.1) is 5.69 Å². The van der Waals surface area contributed by atoms with Gasteiger partial charge in [-0.15, -0.1) is 0 Å². The first kappa shape index (κ1) is 16.6. The predicted molar refractivity (Wildman–Crippen MR) is 98.0 cm³/mol. The second-order valence-electron chi connectivity index (χ2n) is 7.57. The van der Waals surface area contributed by atoms with E-state index in [1.54, 1.807) is 0 Å². The number of likely N-dealkylation sites (N-methyl/N-ethyl adjacent to an activating group) is 1. The number of piperazine rings is 1. The van der Waals surface area contributed by atoms with E-state index in [2.05, 4.69) is 27.5 Å². The number of nitrogens with one attached hydrogen (secondary N) is 2. The minimum atomic E-state index is 0.0274. The van der Waals surface area contributed by atoms with Gasteiger partial charge >= 0.3 is 0 Å². The van der Waals surface area contributed by atoms with Crippen LogP contribution in [0.2, 0.25) is 0 Å². The van der Waals surface area contributed by atoms with Crippen LogP contribution in [0.15, 0.2) is 0 Å². The Balaban J connectivity index is 1.62. The third kappa shape index (κ3) is 2.94. The zero-order chi connectivity index (χ0) is 17.4. The first-order valence-corrected chi connectivity index (χ1v) is 9.42. The van der Waals surface area contributed by atoms with Crippen molar-refractivity contribution in [3.05, 3.63) is 11.3 Å². The Kier molecular flexibility index (Phi) is 4.27. The van der Waals surface area contributed by atoms with E-state index in [1.165, 1.54) is 17.7 Å². The molecular formula is C18H28N6O. The Morgan fingerprint density at radius 1 is 1.16 bits per heavy atom. The highest BCUT2D eigenvalue weighted by molar-refractivity contribution is 5.76. The topological polar surface area (TPSA) is 73.4 Å². The quantitative estimate of drug-likeness (QED) is 0.827. The fourth-order valence-electron chi connectivity index (χ4n) is 4.54. The predicted octanol–water partition coefficient (Wildman–Crippen LogP) is 0.798. The molecule has 1 aromatic rings. The molecule has 0 bridgehead atoms. The zero-order valence-corrected chi connectivity index (χ0v) is 15.3. The largest absolute Gasteiger partial charge is 0.373 e. The summed E-state index contributed by atoms with van der Waals surface area (Å²) >= 11 is 0. The number of aromatic nitrogens is 2.